The van der Waals surface area contributed by atoms with Crippen LogP contribution in [-0.2, 0) is 24.3 Å². The lowest BCUT2D eigenvalue weighted by molar-refractivity contribution is -0.118. The lowest BCUT2D eigenvalue weighted by atomic mass is 10.1. The number of pyridine rings is 2. The lowest BCUT2D eigenvalue weighted by Crippen LogP contribution is -2.34. The lowest BCUT2D eigenvalue weighted by Gasteiger charge is -2.16. The van der Waals surface area contributed by atoms with Gasteiger partial charge >= 0.3 is 0 Å². The first-order valence-corrected chi connectivity index (χ1v) is 11.2. The van der Waals surface area contributed by atoms with Gasteiger partial charge in [0.2, 0.25) is 0 Å². The van der Waals surface area contributed by atoms with E-state index < -0.39 is 0 Å². The fraction of sp³-hybridized carbons (Fsp3) is 0.348. The van der Waals surface area contributed by atoms with Crippen LogP contribution in [0.4, 0.5) is 5.82 Å². The summed E-state index contributed by atoms with van der Waals surface area (Å²) < 4.78 is 2.01. The van der Waals surface area contributed by atoms with Gasteiger partial charge in [-0.25, -0.2) is 15.8 Å². The zero-order valence-corrected chi connectivity index (χ0v) is 18.4. The number of carbonyl (C=O) groups excluding carboxylic acids is 1. The third-order valence-corrected chi connectivity index (χ3v) is 6.37. The van der Waals surface area contributed by atoms with Crippen molar-refractivity contribution in [1.29, 1.82) is 0 Å². The third-order valence-electron chi connectivity index (χ3n) is 6.37. The molecular formula is C23H29N9O. The zero-order chi connectivity index (χ0) is 23.1. The summed E-state index contributed by atoms with van der Waals surface area (Å²) >= 11 is 0. The minimum atomic E-state index is -0.381. The van der Waals surface area contributed by atoms with Gasteiger partial charge in [-0.2, -0.15) is 0 Å². The van der Waals surface area contributed by atoms with Crippen LogP contribution in [0.25, 0.3) is 5.65 Å². The van der Waals surface area contributed by atoms with Crippen molar-refractivity contribution in [2.45, 2.75) is 50.7 Å². The quantitative estimate of drug-likeness (QED) is 0.202. The summed E-state index contributed by atoms with van der Waals surface area (Å²) in [5.74, 6) is 6.88. The van der Waals surface area contributed by atoms with Crippen LogP contribution in [0, 0.1) is 0 Å². The van der Waals surface area contributed by atoms with Gasteiger partial charge in [0.25, 0.3) is 5.91 Å². The Morgan fingerprint density at radius 2 is 2.12 bits per heavy atom. The van der Waals surface area contributed by atoms with Crippen molar-refractivity contribution in [3.05, 3.63) is 70.6 Å². The van der Waals surface area contributed by atoms with Crippen LogP contribution in [-0.4, -0.2) is 25.3 Å². The average molecular weight is 448 g/mol. The van der Waals surface area contributed by atoms with Crippen LogP contribution in [0.15, 0.2) is 42.6 Å². The number of hydrogen-bond donors (Lipinski definition) is 5. The number of anilines is 1. The second kappa shape index (κ2) is 8.38. The number of hydrogen-bond acceptors (Lipinski definition) is 8. The van der Waals surface area contributed by atoms with Crippen molar-refractivity contribution in [3.8, 4) is 0 Å². The topological polar surface area (TPSA) is 167 Å². The van der Waals surface area contributed by atoms with E-state index in [0.29, 0.717) is 24.8 Å². The Balaban J connectivity index is 1.27. The van der Waals surface area contributed by atoms with Crippen molar-refractivity contribution >= 4 is 17.4 Å². The molecular weight excluding hydrogens is 418 g/mol. The van der Waals surface area contributed by atoms with E-state index in [-0.39, 0.29) is 17.6 Å². The van der Waals surface area contributed by atoms with E-state index >= 15 is 0 Å². The molecule has 0 aliphatic heterocycles. The molecule has 10 heteroatoms. The maximum atomic E-state index is 12.6. The maximum Gasteiger partial charge on any atom is 0.269 e. The summed E-state index contributed by atoms with van der Waals surface area (Å²) in [7, 11) is 0. The first-order valence-electron chi connectivity index (χ1n) is 11.2. The molecule has 1 atom stereocenters. The van der Waals surface area contributed by atoms with Crippen LogP contribution in [0.2, 0.25) is 0 Å². The van der Waals surface area contributed by atoms with Gasteiger partial charge < -0.3 is 31.9 Å². The summed E-state index contributed by atoms with van der Waals surface area (Å²) in [5.41, 5.74) is 23.8. The van der Waals surface area contributed by atoms with Crippen LogP contribution in [0.3, 0.4) is 0 Å². The predicted molar refractivity (Wildman–Crippen MR) is 125 cm³/mol. The number of rotatable bonds is 7. The first kappa shape index (κ1) is 21.2. The molecule has 3 aromatic heterocycles. The Hall–Kier alpha value is -3.63. The van der Waals surface area contributed by atoms with Gasteiger partial charge in [-0.05, 0) is 60.4 Å². The summed E-state index contributed by atoms with van der Waals surface area (Å²) in [4.78, 5) is 21.4. The average Bonchev–Trinajstić information content (AvgIpc) is 3.44. The molecule has 3 heterocycles. The van der Waals surface area contributed by atoms with E-state index in [1.807, 2.05) is 16.7 Å². The van der Waals surface area contributed by atoms with E-state index in [9.17, 15) is 4.79 Å². The Morgan fingerprint density at radius 1 is 1.30 bits per heavy atom. The highest BCUT2D eigenvalue weighted by Gasteiger charge is 2.27. The molecule has 1 unspecified atom stereocenters. The molecule has 0 spiro atoms. The highest BCUT2D eigenvalue weighted by molar-refractivity contribution is 5.92. The molecule has 0 aromatic carbocycles. The zero-order valence-electron chi connectivity index (χ0n) is 18.4. The van der Waals surface area contributed by atoms with Crippen LogP contribution in [0.5, 0.6) is 0 Å². The molecule has 172 valence electrons. The number of carbonyl (C=O) groups is 1. The van der Waals surface area contributed by atoms with Gasteiger partial charge in [0.1, 0.15) is 17.2 Å². The van der Waals surface area contributed by atoms with E-state index in [2.05, 4.69) is 27.5 Å². The number of fused-ring (bicyclic) bond motifs is 2. The number of nitrogen functional groups attached to an aromatic ring is 1. The fourth-order valence-electron chi connectivity index (χ4n) is 4.54. The van der Waals surface area contributed by atoms with Gasteiger partial charge in [0.15, 0.2) is 0 Å². The van der Waals surface area contributed by atoms with Gasteiger partial charge in [-0.3, -0.25) is 4.79 Å². The minimum absolute atomic E-state index is 0.0235. The van der Waals surface area contributed by atoms with E-state index in [1.165, 1.54) is 29.6 Å². The number of nitrogens with zero attached hydrogens (tertiary/aromatic N) is 4. The number of aromatic nitrogens is 3. The molecule has 0 bridgehead atoms. The van der Waals surface area contributed by atoms with Gasteiger partial charge in [-0.1, -0.05) is 0 Å². The van der Waals surface area contributed by atoms with Crippen molar-refractivity contribution in [3.63, 3.8) is 0 Å². The largest absolute Gasteiger partial charge is 0.393 e. The van der Waals surface area contributed by atoms with Crippen LogP contribution < -0.4 is 28.4 Å². The molecule has 1 saturated carbocycles. The Morgan fingerprint density at radius 3 is 2.88 bits per heavy atom. The number of imidazole rings is 1. The smallest absolute Gasteiger partial charge is 0.269 e. The first-order chi connectivity index (χ1) is 15.9. The summed E-state index contributed by atoms with van der Waals surface area (Å²) in [6.07, 6.45) is 11.1. The van der Waals surface area contributed by atoms with Crippen molar-refractivity contribution in [1.82, 2.24) is 24.7 Å². The molecule has 5 rings (SSSR count). The number of hydrazine groups is 1. The van der Waals surface area contributed by atoms with Gasteiger partial charge in [0, 0.05) is 36.9 Å². The van der Waals surface area contributed by atoms with Crippen LogP contribution in [0.1, 0.15) is 59.2 Å². The number of nitrogens with two attached hydrogens (primary N) is 4. The molecule has 1 amide bonds. The standard InChI is InChI=1S/C23H29N9O/c24-8-14-7-15(13-1-2-13)9-31-10-16(29-22(14)31)11-32(27)12-19(25)23(33)30-20-4-3-18-17(20)5-6-28-21(18)26/h5-7,9-10,12-13,20H,1-4,8,11,24-25,27H2,(H2,26,28)(H,30,33)/b19-12-. The fourth-order valence-corrected chi connectivity index (χ4v) is 4.54. The summed E-state index contributed by atoms with van der Waals surface area (Å²) in [6.45, 7) is 0.721. The third kappa shape index (κ3) is 4.22. The highest BCUT2D eigenvalue weighted by Crippen LogP contribution is 2.40. The minimum Gasteiger partial charge on any atom is -0.393 e. The SMILES string of the molecule is NCc1cc(C2CC2)cn2cc(CN(N)/C=C(\N)C(=O)NC3CCc4c3ccnc4N)nc12. The maximum absolute atomic E-state index is 12.6. The molecule has 2 aliphatic rings. The predicted octanol–water partition coefficient (Wildman–Crippen LogP) is 0.927. The molecule has 1 fully saturated rings. The number of nitrogens with one attached hydrogen (secondary N) is 1. The number of amides is 1. The van der Waals surface area contributed by atoms with Crippen molar-refractivity contribution < 1.29 is 4.79 Å². The van der Waals surface area contributed by atoms with E-state index in [1.54, 1.807) is 6.20 Å². The monoisotopic (exact) mass is 447 g/mol. The molecule has 2 aliphatic carbocycles. The Bertz CT molecular complexity index is 1240. The molecule has 10 nitrogen and oxygen atoms in total. The van der Waals surface area contributed by atoms with E-state index in [4.69, 9.17) is 23.0 Å². The van der Waals surface area contributed by atoms with Gasteiger partial charge in [-0.15, -0.1) is 0 Å². The molecule has 0 radical (unpaired) electrons. The molecule has 33 heavy (non-hydrogen) atoms. The Labute approximate surface area is 191 Å². The molecule has 0 saturated heterocycles. The second-order valence-corrected chi connectivity index (χ2v) is 8.83. The highest BCUT2D eigenvalue weighted by atomic mass is 16.2. The summed E-state index contributed by atoms with van der Waals surface area (Å²) in [5, 5.41) is 4.33. The van der Waals surface area contributed by atoms with Crippen molar-refractivity contribution in [2.75, 3.05) is 5.73 Å². The molecule has 9 N–H and O–H groups in total. The van der Waals surface area contributed by atoms with Crippen LogP contribution >= 0.6 is 0 Å². The van der Waals surface area contributed by atoms with E-state index in [0.717, 1.165) is 40.9 Å². The Kier molecular flexibility index (Phi) is 5.39. The second-order valence-electron chi connectivity index (χ2n) is 8.83. The summed E-state index contributed by atoms with van der Waals surface area (Å²) in [6, 6.07) is 3.88. The van der Waals surface area contributed by atoms with Crippen molar-refractivity contribution in [2.24, 2.45) is 17.3 Å². The normalized spacial score (nSPS) is 17.9. The molecule has 3 aromatic rings. The van der Waals surface area contributed by atoms with Gasteiger partial charge in [0.05, 0.1) is 18.3 Å².